The Morgan fingerprint density at radius 2 is 1.10 bits per heavy atom. The highest BCUT2D eigenvalue weighted by Crippen LogP contribution is 2.63. The molecule has 1 saturated carbocycles. The molecule has 0 amide bonds. The van der Waals surface area contributed by atoms with E-state index in [0.29, 0.717) is 6.42 Å². The number of hydrogen-bond acceptors (Lipinski definition) is 2. The van der Waals surface area contributed by atoms with E-state index in [9.17, 15) is 0 Å². The van der Waals surface area contributed by atoms with Crippen LogP contribution in [0, 0.1) is 0 Å². The summed E-state index contributed by atoms with van der Waals surface area (Å²) in [7, 11) is 0. The molecule has 2 aromatic carbocycles. The molecule has 2 nitrogen and oxygen atoms in total. The minimum atomic E-state index is -0.689. The maximum absolute atomic E-state index is 6.65. The molecule has 108 valence electrons. The van der Waals surface area contributed by atoms with Gasteiger partial charge in [0.1, 0.15) is 11.2 Å². The van der Waals surface area contributed by atoms with Gasteiger partial charge in [0, 0.05) is 6.42 Å². The molecule has 2 fully saturated rings. The molecule has 1 heterocycles. The first-order valence-electron chi connectivity index (χ1n) is 6.95. The van der Waals surface area contributed by atoms with Crippen molar-refractivity contribution in [3.8, 4) is 0 Å². The first-order chi connectivity index (χ1) is 10.2. The van der Waals surface area contributed by atoms with Crippen LogP contribution in [-0.2, 0) is 21.0 Å². The molecule has 0 spiro atoms. The number of fused-ring (bicyclic) bond motifs is 2. The van der Waals surface area contributed by atoms with Crippen molar-refractivity contribution >= 4 is 23.2 Å². The summed E-state index contributed by atoms with van der Waals surface area (Å²) >= 11 is 13.3. The second-order valence-electron chi connectivity index (χ2n) is 5.66. The Kier molecular flexibility index (Phi) is 3.05. The lowest BCUT2D eigenvalue weighted by Gasteiger charge is -2.35. The molecule has 2 aromatic rings. The van der Waals surface area contributed by atoms with Crippen LogP contribution in [0.2, 0.25) is 0 Å². The van der Waals surface area contributed by atoms with Crippen LogP contribution < -0.4 is 0 Å². The Hall–Kier alpha value is -1.06. The number of halogens is 2. The number of benzene rings is 2. The van der Waals surface area contributed by atoms with Crippen LogP contribution in [0.15, 0.2) is 60.7 Å². The van der Waals surface area contributed by atoms with Gasteiger partial charge < -0.3 is 0 Å². The van der Waals surface area contributed by atoms with Gasteiger partial charge in [-0.25, -0.2) is 9.78 Å². The van der Waals surface area contributed by atoms with Crippen LogP contribution in [0.5, 0.6) is 0 Å². The van der Waals surface area contributed by atoms with Gasteiger partial charge >= 0.3 is 0 Å². The summed E-state index contributed by atoms with van der Waals surface area (Å²) in [4.78, 5) is 11.5. The van der Waals surface area contributed by atoms with Crippen molar-refractivity contribution in [1.82, 2.24) is 0 Å². The van der Waals surface area contributed by atoms with E-state index < -0.39 is 11.2 Å². The summed E-state index contributed by atoms with van der Waals surface area (Å²) in [5, 5.41) is -0.703. The lowest BCUT2D eigenvalue weighted by Crippen LogP contribution is -2.43. The van der Waals surface area contributed by atoms with E-state index in [-0.39, 0.29) is 10.8 Å². The van der Waals surface area contributed by atoms with Crippen molar-refractivity contribution in [3.05, 3.63) is 71.8 Å². The lowest BCUT2D eigenvalue weighted by atomic mass is 9.87. The standard InChI is InChI=1S/C17H14Cl2O2/c18-14-15(19)17(13-9-5-2-6-10-13)11-16(14,20-21-17)12-7-3-1-4-8-12/h1-10,14-15H,11H2/t14-,15-,16-,17+/m0/s1. The monoisotopic (exact) mass is 320 g/mol. The fourth-order valence-corrected chi connectivity index (χ4v) is 4.30. The van der Waals surface area contributed by atoms with Crippen molar-refractivity contribution in [2.45, 2.75) is 28.4 Å². The smallest absolute Gasteiger partial charge is 0.150 e. The first-order valence-corrected chi connectivity index (χ1v) is 7.82. The molecule has 2 aliphatic rings. The van der Waals surface area contributed by atoms with E-state index in [1.807, 2.05) is 60.7 Å². The summed E-state index contributed by atoms with van der Waals surface area (Å²) in [5.74, 6) is 0. The van der Waals surface area contributed by atoms with E-state index in [4.69, 9.17) is 33.0 Å². The zero-order chi connectivity index (χ0) is 14.5. The highest BCUT2D eigenvalue weighted by atomic mass is 35.5. The van der Waals surface area contributed by atoms with Gasteiger partial charge in [-0.1, -0.05) is 60.7 Å². The van der Waals surface area contributed by atoms with Gasteiger partial charge in [-0.2, -0.15) is 0 Å². The van der Waals surface area contributed by atoms with Crippen LogP contribution >= 0.6 is 23.2 Å². The Labute approximate surface area is 133 Å². The van der Waals surface area contributed by atoms with Gasteiger partial charge in [-0.3, -0.25) is 0 Å². The van der Waals surface area contributed by atoms with E-state index in [2.05, 4.69) is 0 Å². The molecule has 1 aliphatic heterocycles. The molecule has 1 saturated heterocycles. The van der Waals surface area contributed by atoms with E-state index >= 15 is 0 Å². The molecule has 0 radical (unpaired) electrons. The molecule has 4 atom stereocenters. The van der Waals surface area contributed by atoms with Crippen molar-refractivity contribution in [1.29, 1.82) is 0 Å². The average Bonchev–Trinajstić information content (AvgIpc) is 3.06. The van der Waals surface area contributed by atoms with Gasteiger partial charge in [0.25, 0.3) is 0 Å². The number of rotatable bonds is 2. The minimum Gasteiger partial charge on any atom is -0.222 e. The van der Waals surface area contributed by atoms with E-state index in [1.165, 1.54) is 0 Å². The van der Waals surface area contributed by atoms with Crippen LogP contribution in [-0.4, -0.2) is 10.8 Å². The fraction of sp³-hybridized carbons (Fsp3) is 0.294. The Balaban J connectivity index is 1.83. The second-order valence-corrected chi connectivity index (χ2v) is 6.60. The molecule has 0 aromatic heterocycles. The summed E-state index contributed by atoms with van der Waals surface area (Å²) in [6.45, 7) is 0. The average molecular weight is 321 g/mol. The van der Waals surface area contributed by atoms with E-state index in [0.717, 1.165) is 11.1 Å². The van der Waals surface area contributed by atoms with Crippen molar-refractivity contribution in [2.75, 3.05) is 0 Å². The second kappa shape index (κ2) is 4.72. The Bertz CT molecular complexity index is 591. The van der Waals surface area contributed by atoms with Gasteiger partial charge in [0.15, 0.2) is 0 Å². The highest BCUT2D eigenvalue weighted by Gasteiger charge is 2.70. The fourth-order valence-electron chi connectivity index (χ4n) is 3.42. The summed E-state index contributed by atoms with van der Waals surface area (Å²) < 4.78 is 0. The third-order valence-corrected chi connectivity index (χ3v) is 5.87. The predicted molar refractivity (Wildman–Crippen MR) is 82.3 cm³/mol. The van der Waals surface area contributed by atoms with Crippen LogP contribution in [0.4, 0.5) is 0 Å². The molecule has 4 rings (SSSR count). The lowest BCUT2D eigenvalue weighted by molar-refractivity contribution is -0.378. The Morgan fingerprint density at radius 3 is 1.48 bits per heavy atom. The predicted octanol–water partition coefficient (Wildman–Crippen LogP) is 4.36. The SMILES string of the molecule is Cl[C@H]1[C@H](Cl)[C@]2(c3ccccc3)C[C@@]1(c1ccccc1)OO2. The van der Waals surface area contributed by atoms with Gasteiger partial charge in [0.05, 0.1) is 10.8 Å². The third-order valence-electron chi connectivity index (χ3n) is 4.54. The summed E-state index contributed by atoms with van der Waals surface area (Å²) in [5.41, 5.74) is 0.632. The number of alkyl halides is 2. The maximum atomic E-state index is 6.65. The summed E-state index contributed by atoms with van der Waals surface area (Å²) in [6.07, 6.45) is 0.621. The molecule has 4 heteroatoms. The molecule has 0 unspecified atom stereocenters. The summed E-state index contributed by atoms with van der Waals surface area (Å²) in [6, 6.07) is 19.9. The van der Waals surface area contributed by atoms with Crippen LogP contribution in [0.25, 0.3) is 0 Å². The molecule has 2 bridgehead atoms. The quantitative estimate of drug-likeness (QED) is 0.604. The van der Waals surface area contributed by atoms with Crippen LogP contribution in [0.1, 0.15) is 17.5 Å². The third kappa shape index (κ3) is 1.74. The largest absolute Gasteiger partial charge is 0.222 e. The molecule has 21 heavy (non-hydrogen) atoms. The highest BCUT2D eigenvalue weighted by molar-refractivity contribution is 6.31. The van der Waals surface area contributed by atoms with Crippen LogP contribution in [0.3, 0.4) is 0 Å². The number of hydrogen-bond donors (Lipinski definition) is 0. The molecule has 0 N–H and O–H groups in total. The topological polar surface area (TPSA) is 18.5 Å². The first kappa shape index (κ1) is 13.6. The minimum absolute atomic E-state index is 0.351. The van der Waals surface area contributed by atoms with Crippen molar-refractivity contribution in [2.24, 2.45) is 0 Å². The normalized spacial score (nSPS) is 37.8. The van der Waals surface area contributed by atoms with Gasteiger partial charge in [-0.05, 0) is 11.1 Å². The molecular formula is C17H14Cl2O2. The van der Waals surface area contributed by atoms with Gasteiger partial charge in [-0.15, -0.1) is 23.2 Å². The van der Waals surface area contributed by atoms with E-state index in [1.54, 1.807) is 0 Å². The molecular weight excluding hydrogens is 307 g/mol. The van der Waals surface area contributed by atoms with Crippen molar-refractivity contribution in [3.63, 3.8) is 0 Å². The zero-order valence-electron chi connectivity index (χ0n) is 11.2. The maximum Gasteiger partial charge on any atom is 0.150 e. The van der Waals surface area contributed by atoms with Gasteiger partial charge in [0.2, 0.25) is 0 Å². The Morgan fingerprint density at radius 1 is 0.714 bits per heavy atom. The molecule has 1 aliphatic carbocycles. The van der Waals surface area contributed by atoms with Crippen molar-refractivity contribution < 1.29 is 9.78 Å². The zero-order valence-corrected chi connectivity index (χ0v) is 12.7.